The van der Waals surface area contributed by atoms with E-state index in [9.17, 15) is 19.5 Å². The van der Waals surface area contributed by atoms with Crippen molar-refractivity contribution in [3.63, 3.8) is 0 Å². The molecule has 0 saturated heterocycles. The zero-order chi connectivity index (χ0) is 27.6. The number of amides is 1. The van der Waals surface area contributed by atoms with Crippen molar-refractivity contribution in [1.29, 1.82) is 0 Å². The molecule has 0 fully saturated rings. The molecule has 1 aliphatic rings. The monoisotopic (exact) mass is 530 g/mol. The van der Waals surface area contributed by atoms with Crippen molar-refractivity contribution < 1.29 is 9.90 Å². The summed E-state index contributed by atoms with van der Waals surface area (Å²) in [5.41, 5.74) is 27.5. The zero-order valence-corrected chi connectivity index (χ0v) is 20.4. The number of nitrogens with zero attached hydrogens (tertiary/aromatic N) is 7. The SMILES string of the molecule is NCCCCN(CCN1c2nc(N)nc(N)c2C(=O)NC1O)CCn1c(=O)[nH]c(=O)c2c(N)nc(N)nc21. The highest BCUT2D eigenvalue weighted by Gasteiger charge is 2.33. The summed E-state index contributed by atoms with van der Waals surface area (Å²) >= 11 is 0. The van der Waals surface area contributed by atoms with Gasteiger partial charge in [0, 0.05) is 26.2 Å². The van der Waals surface area contributed by atoms with Gasteiger partial charge in [0.2, 0.25) is 18.2 Å². The Morgan fingerprint density at radius 2 is 1.58 bits per heavy atom. The van der Waals surface area contributed by atoms with Gasteiger partial charge < -0.3 is 44.0 Å². The first-order chi connectivity index (χ1) is 18.1. The fourth-order valence-corrected chi connectivity index (χ4v) is 4.25. The van der Waals surface area contributed by atoms with Gasteiger partial charge in [0.1, 0.15) is 22.6 Å². The molecule has 0 radical (unpaired) electrons. The second-order valence-corrected chi connectivity index (χ2v) is 8.62. The van der Waals surface area contributed by atoms with E-state index in [-0.39, 0.29) is 59.0 Å². The van der Waals surface area contributed by atoms with Crippen LogP contribution in [0.1, 0.15) is 23.2 Å². The number of nitrogens with two attached hydrogens (primary N) is 5. The number of anilines is 5. The second-order valence-electron chi connectivity index (χ2n) is 8.62. The smallest absolute Gasteiger partial charge is 0.330 e. The molecular formula is C20H30N14O4. The molecule has 18 heteroatoms. The highest BCUT2D eigenvalue weighted by atomic mass is 16.3. The van der Waals surface area contributed by atoms with Crippen LogP contribution in [0.15, 0.2) is 9.59 Å². The van der Waals surface area contributed by atoms with E-state index in [1.807, 2.05) is 4.90 Å². The lowest BCUT2D eigenvalue weighted by atomic mass is 10.2. The Balaban J connectivity index is 1.58. The molecule has 1 atom stereocenters. The number of H-pyrrole nitrogens is 1. The van der Waals surface area contributed by atoms with E-state index in [2.05, 4.69) is 30.2 Å². The maximum atomic E-state index is 12.6. The van der Waals surface area contributed by atoms with Crippen LogP contribution in [0, 0.1) is 0 Å². The second kappa shape index (κ2) is 10.8. The van der Waals surface area contributed by atoms with Crippen LogP contribution in [0.4, 0.5) is 29.4 Å². The van der Waals surface area contributed by atoms with Crippen LogP contribution in [-0.2, 0) is 6.54 Å². The van der Waals surface area contributed by atoms with E-state index in [1.165, 1.54) is 9.47 Å². The van der Waals surface area contributed by atoms with E-state index in [4.69, 9.17) is 28.7 Å². The van der Waals surface area contributed by atoms with Gasteiger partial charge in [-0.1, -0.05) is 0 Å². The molecule has 0 aromatic carbocycles. The summed E-state index contributed by atoms with van der Waals surface area (Å²) in [6.45, 7) is 2.15. The largest absolute Gasteiger partial charge is 0.383 e. The standard InChI is InChI=1S/C20H30N14O4/c21-3-1-2-4-32(5-7-33-13-9(15(35)30-19(33)37)11(22)26-17(24)28-13)6-8-34-14-10(16(36)31-20(34)38)12(23)27-18(25)29-14/h19,37H,1-8,21H2,(H,30,35)(H,31,36,38)(H4,22,24,26,28)(H4,23,25,27,29). The van der Waals surface area contributed by atoms with Crippen LogP contribution < -0.4 is 50.1 Å². The third-order valence-corrected chi connectivity index (χ3v) is 6.10. The van der Waals surface area contributed by atoms with E-state index >= 15 is 0 Å². The van der Waals surface area contributed by atoms with Crippen LogP contribution in [0.2, 0.25) is 0 Å². The lowest BCUT2D eigenvalue weighted by Gasteiger charge is -2.36. The van der Waals surface area contributed by atoms with Crippen molar-refractivity contribution in [3.05, 3.63) is 26.4 Å². The van der Waals surface area contributed by atoms with Crippen molar-refractivity contribution in [1.82, 2.24) is 39.7 Å². The molecule has 18 nitrogen and oxygen atoms in total. The number of aromatic amines is 1. The van der Waals surface area contributed by atoms with Gasteiger partial charge >= 0.3 is 5.69 Å². The number of aliphatic hydroxyl groups excluding tert-OH is 1. The Hall–Kier alpha value is -4.55. The van der Waals surface area contributed by atoms with Crippen molar-refractivity contribution in [2.24, 2.45) is 5.73 Å². The number of aliphatic hydroxyl groups is 1. The minimum atomic E-state index is -1.37. The normalized spacial score (nSPS) is 15.2. The first-order valence-corrected chi connectivity index (χ1v) is 11.8. The number of aromatic nitrogens is 6. The van der Waals surface area contributed by atoms with Crippen molar-refractivity contribution in [2.75, 3.05) is 60.6 Å². The average molecular weight is 531 g/mol. The van der Waals surface area contributed by atoms with E-state index in [0.717, 1.165) is 12.8 Å². The van der Waals surface area contributed by atoms with Crippen molar-refractivity contribution in [3.8, 4) is 0 Å². The van der Waals surface area contributed by atoms with Crippen LogP contribution in [0.25, 0.3) is 11.0 Å². The molecule has 204 valence electrons. The quantitative estimate of drug-likeness (QED) is 0.116. The van der Waals surface area contributed by atoms with Gasteiger partial charge in [-0.25, -0.2) is 4.79 Å². The van der Waals surface area contributed by atoms with Crippen LogP contribution in [0.5, 0.6) is 0 Å². The first-order valence-electron chi connectivity index (χ1n) is 11.8. The van der Waals surface area contributed by atoms with Gasteiger partial charge in [0.15, 0.2) is 11.5 Å². The summed E-state index contributed by atoms with van der Waals surface area (Å²) in [6, 6.07) is 0. The van der Waals surface area contributed by atoms with Crippen LogP contribution in [-0.4, -0.2) is 84.5 Å². The molecule has 4 rings (SSSR count). The number of hydrogen-bond acceptors (Lipinski definition) is 15. The van der Waals surface area contributed by atoms with Gasteiger partial charge in [0.25, 0.3) is 11.5 Å². The topological polar surface area (TPSA) is 292 Å². The van der Waals surface area contributed by atoms with Gasteiger partial charge in [-0.2, -0.15) is 19.9 Å². The predicted octanol–water partition coefficient (Wildman–Crippen LogP) is -3.83. The number of unbranched alkanes of at least 4 members (excludes halogenated alkanes) is 1. The molecule has 4 heterocycles. The maximum absolute atomic E-state index is 12.6. The van der Waals surface area contributed by atoms with Crippen molar-refractivity contribution in [2.45, 2.75) is 25.7 Å². The molecule has 1 amide bonds. The Bertz CT molecular complexity index is 1470. The molecule has 0 bridgehead atoms. The predicted molar refractivity (Wildman–Crippen MR) is 140 cm³/mol. The Morgan fingerprint density at radius 1 is 0.895 bits per heavy atom. The molecular weight excluding hydrogens is 500 g/mol. The van der Waals surface area contributed by atoms with Gasteiger partial charge in [0.05, 0.1) is 0 Å². The molecule has 1 aliphatic heterocycles. The summed E-state index contributed by atoms with van der Waals surface area (Å²) in [6.07, 6.45) is 0.157. The van der Waals surface area contributed by atoms with Gasteiger partial charge in [-0.05, 0) is 25.9 Å². The van der Waals surface area contributed by atoms with E-state index in [0.29, 0.717) is 26.2 Å². The number of nitrogens with one attached hydrogen (secondary N) is 2. The first kappa shape index (κ1) is 26.5. The Labute approximate surface area is 214 Å². The Morgan fingerprint density at radius 3 is 2.32 bits per heavy atom. The number of carbonyl (C=O) groups excluding carboxylic acids is 1. The van der Waals surface area contributed by atoms with Crippen LogP contribution in [0.3, 0.4) is 0 Å². The minimum absolute atomic E-state index is 0.0142. The minimum Gasteiger partial charge on any atom is -0.383 e. The molecule has 13 N–H and O–H groups in total. The van der Waals surface area contributed by atoms with Crippen LogP contribution >= 0.6 is 0 Å². The zero-order valence-electron chi connectivity index (χ0n) is 20.4. The molecule has 0 saturated carbocycles. The lowest BCUT2D eigenvalue weighted by Crippen LogP contribution is -2.55. The average Bonchev–Trinajstić information content (AvgIpc) is 2.81. The van der Waals surface area contributed by atoms with E-state index < -0.39 is 23.5 Å². The molecule has 38 heavy (non-hydrogen) atoms. The molecule has 0 aliphatic carbocycles. The molecule has 1 unspecified atom stereocenters. The summed E-state index contributed by atoms with van der Waals surface area (Å²) in [5.74, 6) is -1.06. The number of fused-ring (bicyclic) bond motifs is 2. The van der Waals surface area contributed by atoms with Gasteiger partial charge in [-0.15, -0.1) is 0 Å². The summed E-state index contributed by atoms with van der Waals surface area (Å²) in [4.78, 5) is 58.8. The highest BCUT2D eigenvalue weighted by Crippen LogP contribution is 2.27. The Kier molecular flexibility index (Phi) is 7.55. The number of hydrogen-bond donors (Lipinski definition) is 8. The summed E-state index contributed by atoms with van der Waals surface area (Å²) < 4.78 is 1.26. The van der Waals surface area contributed by atoms with Gasteiger partial charge in [-0.3, -0.25) is 24.0 Å². The summed E-state index contributed by atoms with van der Waals surface area (Å²) in [7, 11) is 0. The maximum Gasteiger partial charge on any atom is 0.330 e. The molecule has 3 aromatic rings. The molecule has 3 aromatic heterocycles. The number of nitrogen functional groups attached to an aromatic ring is 4. The third kappa shape index (κ3) is 5.26. The summed E-state index contributed by atoms with van der Waals surface area (Å²) in [5, 5.41) is 12.9. The number of carbonyl (C=O) groups is 1. The lowest BCUT2D eigenvalue weighted by molar-refractivity contribution is 0.0734. The third-order valence-electron chi connectivity index (χ3n) is 6.10. The fourth-order valence-electron chi connectivity index (χ4n) is 4.25. The molecule has 0 spiro atoms. The van der Waals surface area contributed by atoms with Crippen molar-refractivity contribution >= 4 is 46.3 Å². The number of rotatable bonds is 10. The van der Waals surface area contributed by atoms with E-state index in [1.54, 1.807) is 0 Å². The highest BCUT2D eigenvalue weighted by molar-refractivity contribution is 6.05. The fraction of sp³-hybridized carbons (Fsp3) is 0.450.